The van der Waals surface area contributed by atoms with Crippen LogP contribution in [0.1, 0.15) is 13.8 Å². The fraction of sp³-hybridized carbons (Fsp3) is 0.154. The molecule has 3 heteroatoms. The molecule has 16 heavy (non-hydrogen) atoms. The molecular formula is C13H13NO2. The third-order valence-electron chi connectivity index (χ3n) is 2.42. The zero-order valence-electron chi connectivity index (χ0n) is 9.31. The molecule has 0 unspecified atom stereocenters. The van der Waals surface area contributed by atoms with Gasteiger partial charge in [0.25, 0.3) is 0 Å². The molecule has 3 nitrogen and oxygen atoms in total. The van der Waals surface area contributed by atoms with Gasteiger partial charge in [0, 0.05) is 0 Å². The van der Waals surface area contributed by atoms with Gasteiger partial charge in [-0.2, -0.15) is 0 Å². The van der Waals surface area contributed by atoms with E-state index >= 15 is 0 Å². The number of para-hydroxylation sites is 1. The maximum absolute atomic E-state index is 11.7. The number of benzene rings is 1. The lowest BCUT2D eigenvalue weighted by Crippen LogP contribution is -2.30. The molecule has 0 N–H and O–H groups in total. The van der Waals surface area contributed by atoms with E-state index in [2.05, 4.69) is 0 Å². The molecular weight excluding hydrogens is 202 g/mol. The SMILES string of the molecule is C/C=c1\oc(=O)n(-c2ccccc2)\c1=C\C. The molecule has 0 amide bonds. The molecule has 1 heterocycles. The molecule has 0 aliphatic rings. The van der Waals surface area contributed by atoms with Crippen LogP contribution in [0.3, 0.4) is 0 Å². The Hall–Kier alpha value is -2.03. The molecule has 82 valence electrons. The Bertz CT molecular complexity index is 647. The van der Waals surface area contributed by atoms with Crippen molar-refractivity contribution in [2.45, 2.75) is 13.8 Å². The quantitative estimate of drug-likeness (QED) is 0.712. The van der Waals surface area contributed by atoms with Crippen LogP contribution < -0.4 is 16.5 Å². The van der Waals surface area contributed by atoms with Gasteiger partial charge in [0.2, 0.25) is 0 Å². The first-order valence-electron chi connectivity index (χ1n) is 5.18. The molecule has 0 saturated carbocycles. The van der Waals surface area contributed by atoms with Crippen molar-refractivity contribution in [1.29, 1.82) is 0 Å². The molecule has 2 aromatic rings. The summed E-state index contributed by atoms with van der Waals surface area (Å²) in [6.07, 6.45) is 3.66. The van der Waals surface area contributed by atoms with Gasteiger partial charge in [0.05, 0.1) is 11.0 Å². The van der Waals surface area contributed by atoms with Gasteiger partial charge in [-0.15, -0.1) is 0 Å². The summed E-state index contributed by atoms with van der Waals surface area (Å²) >= 11 is 0. The molecule has 0 bridgehead atoms. The minimum absolute atomic E-state index is 0.354. The van der Waals surface area contributed by atoms with Crippen LogP contribution in [0.2, 0.25) is 0 Å². The van der Waals surface area contributed by atoms with Crippen LogP contribution in [0.25, 0.3) is 17.8 Å². The molecule has 0 aliphatic heterocycles. The van der Waals surface area contributed by atoms with Crippen molar-refractivity contribution in [3.63, 3.8) is 0 Å². The summed E-state index contributed by atoms with van der Waals surface area (Å²) in [6.45, 7) is 3.73. The van der Waals surface area contributed by atoms with E-state index in [0.717, 1.165) is 11.0 Å². The monoisotopic (exact) mass is 215 g/mol. The standard InChI is InChI=1S/C13H13NO2/c1-3-11-12(4-2)16-13(15)14(11)10-8-6-5-7-9-10/h3-9H,1-2H3/b11-3+,12-4-. The smallest absolute Gasteiger partial charge is 0.408 e. The number of nitrogens with zero attached hydrogens (tertiary/aromatic N) is 1. The first-order chi connectivity index (χ1) is 7.77. The maximum Gasteiger partial charge on any atom is 0.424 e. The third kappa shape index (κ3) is 1.60. The number of oxazole rings is 1. The Balaban J connectivity index is 2.87. The number of hydrogen-bond donors (Lipinski definition) is 0. The fourth-order valence-corrected chi connectivity index (χ4v) is 1.70. The van der Waals surface area contributed by atoms with E-state index in [9.17, 15) is 4.79 Å². The highest BCUT2D eigenvalue weighted by molar-refractivity contribution is 5.34. The fourth-order valence-electron chi connectivity index (χ4n) is 1.70. The lowest BCUT2D eigenvalue weighted by molar-refractivity contribution is 0.477. The minimum atomic E-state index is -0.354. The number of rotatable bonds is 1. The lowest BCUT2D eigenvalue weighted by atomic mass is 10.3. The molecule has 0 aliphatic carbocycles. The van der Waals surface area contributed by atoms with Crippen molar-refractivity contribution in [3.05, 3.63) is 51.6 Å². The Morgan fingerprint density at radius 1 is 1.12 bits per heavy atom. The molecule has 0 radical (unpaired) electrons. The van der Waals surface area contributed by atoms with E-state index in [1.54, 1.807) is 10.6 Å². The van der Waals surface area contributed by atoms with Gasteiger partial charge in [0.15, 0.2) is 5.42 Å². The molecule has 0 fully saturated rings. The van der Waals surface area contributed by atoms with Crippen LogP contribution in [0.4, 0.5) is 0 Å². The summed E-state index contributed by atoms with van der Waals surface area (Å²) in [5.41, 5.74) is 1.42. The van der Waals surface area contributed by atoms with Crippen LogP contribution in [0.15, 0.2) is 39.5 Å². The summed E-state index contributed by atoms with van der Waals surface area (Å²) < 4.78 is 6.73. The Kier molecular flexibility index (Phi) is 2.77. The molecule has 0 saturated heterocycles. The van der Waals surface area contributed by atoms with Gasteiger partial charge < -0.3 is 4.42 Å². The number of aromatic nitrogens is 1. The molecule has 2 rings (SSSR count). The van der Waals surface area contributed by atoms with E-state index in [4.69, 9.17) is 4.42 Å². The second-order valence-electron chi connectivity index (χ2n) is 3.37. The molecule has 0 atom stereocenters. The van der Waals surface area contributed by atoms with Gasteiger partial charge in [0.1, 0.15) is 0 Å². The average Bonchev–Trinajstić information content (AvgIpc) is 2.66. The Morgan fingerprint density at radius 2 is 1.81 bits per heavy atom. The van der Waals surface area contributed by atoms with Crippen molar-refractivity contribution in [1.82, 2.24) is 4.57 Å². The second kappa shape index (κ2) is 4.23. The van der Waals surface area contributed by atoms with Crippen LogP contribution in [0, 0.1) is 0 Å². The predicted octanol–water partition coefficient (Wildman–Crippen LogP) is 1.03. The Labute approximate surface area is 93.0 Å². The van der Waals surface area contributed by atoms with Crippen molar-refractivity contribution in [3.8, 4) is 5.69 Å². The normalized spacial score (nSPS) is 13.4. The second-order valence-corrected chi connectivity index (χ2v) is 3.37. The average molecular weight is 215 g/mol. The summed E-state index contributed by atoms with van der Waals surface area (Å²) in [5, 5.41) is 0.790. The first-order valence-corrected chi connectivity index (χ1v) is 5.18. The topological polar surface area (TPSA) is 35.1 Å². The summed E-state index contributed by atoms with van der Waals surface area (Å²) in [4.78, 5) is 11.7. The molecule has 0 spiro atoms. The van der Waals surface area contributed by atoms with Gasteiger partial charge in [-0.3, -0.25) is 0 Å². The minimum Gasteiger partial charge on any atom is -0.408 e. The van der Waals surface area contributed by atoms with E-state index in [-0.39, 0.29) is 5.76 Å². The van der Waals surface area contributed by atoms with Gasteiger partial charge >= 0.3 is 5.76 Å². The highest BCUT2D eigenvalue weighted by Crippen LogP contribution is 1.99. The highest BCUT2D eigenvalue weighted by atomic mass is 16.4. The van der Waals surface area contributed by atoms with Crippen LogP contribution >= 0.6 is 0 Å². The van der Waals surface area contributed by atoms with E-state index in [1.807, 2.05) is 50.3 Å². The predicted molar refractivity (Wildman–Crippen MR) is 63.8 cm³/mol. The van der Waals surface area contributed by atoms with E-state index in [1.165, 1.54) is 0 Å². The summed E-state index contributed by atoms with van der Waals surface area (Å²) in [6, 6.07) is 9.45. The maximum atomic E-state index is 11.7. The van der Waals surface area contributed by atoms with Crippen molar-refractivity contribution >= 4 is 12.2 Å². The summed E-state index contributed by atoms with van der Waals surface area (Å²) in [7, 11) is 0. The Morgan fingerprint density at radius 3 is 2.38 bits per heavy atom. The third-order valence-corrected chi connectivity index (χ3v) is 2.42. The van der Waals surface area contributed by atoms with Crippen molar-refractivity contribution < 1.29 is 4.42 Å². The van der Waals surface area contributed by atoms with Crippen LogP contribution in [-0.2, 0) is 0 Å². The van der Waals surface area contributed by atoms with Gasteiger partial charge in [-0.05, 0) is 32.1 Å². The summed E-state index contributed by atoms with van der Waals surface area (Å²) in [5.74, 6) is -0.354. The highest BCUT2D eigenvalue weighted by Gasteiger charge is 2.05. The molecule has 1 aromatic carbocycles. The van der Waals surface area contributed by atoms with Crippen LogP contribution in [-0.4, -0.2) is 4.57 Å². The first kappa shape index (κ1) is 10.5. The lowest BCUT2D eigenvalue weighted by Gasteiger charge is -1.98. The zero-order chi connectivity index (χ0) is 11.5. The van der Waals surface area contributed by atoms with E-state index < -0.39 is 0 Å². The van der Waals surface area contributed by atoms with Crippen LogP contribution in [0.5, 0.6) is 0 Å². The van der Waals surface area contributed by atoms with Crippen molar-refractivity contribution in [2.24, 2.45) is 0 Å². The number of hydrogen-bond acceptors (Lipinski definition) is 2. The zero-order valence-corrected chi connectivity index (χ0v) is 9.31. The van der Waals surface area contributed by atoms with Crippen molar-refractivity contribution in [2.75, 3.05) is 0 Å². The molecule has 1 aromatic heterocycles. The van der Waals surface area contributed by atoms with E-state index in [0.29, 0.717) is 5.42 Å². The van der Waals surface area contributed by atoms with Gasteiger partial charge in [-0.1, -0.05) is 24.3 Å². The van der Waals surface area contributed by atoms with Gasteiger partial charge in [-0.25, -0.2) is 9.36 Å². The largest absolute Gasteiger partial charge is 0.424 e.